The van der Waals surface area contributed by atoms with E-state index in [9.17, 15) is 9.90 Å². The van der Waals surface area contributed by atoms with Crippen LogP contribution in [0.4, 0.5) is 0 Å². The smallest absolute Gasteiger partial charge is 0.195 e. The minimum Gasteiger partial charge on any atom is -0.380 e. The SMILES string of the molecule is CC(C)[C@@H]1CC[C@]2(NCCN3C[C@@H]4C[C@H]3CO4)CC[C@]3(C)[C@H](CC[C@@H]4[C@@]5(C)CC=C(c6ccc(C(O)C(=O)c7ccccc7)cc6)C(C)(C)[C@@H]5CC[C@]43C)[C@@H]12. The summed E-state index contributed by atoms with van der Waals surface area (Å²) < 4.78 is 5.93. The van der Waals surface area contributed by atoms with Gasteiger partial charge in [-0.2, -0.15) is 0 Å². The van der Waals surface area contributed by atoms with Crippen molar-refractivity contribution in [1.29, 1.82) is 0 Å². The maximum absolute atomic E-state index is 13.0. The molecule has 6 fully saturated rings. The van der Waals surface area contributed by atoms with Crippen molar-refractivity contribution < 1.29 is 14.6 Å². The second-order valence-corrected chi connectivity index (χ2v) is 21.4. The summed E-state index contributed by atoms with van der Waals surface area (Å²) in [4.78, 5) is 15.8. The number of allylic oxidation sites excluding steroid dienone is 2. The molecule has 5 heteroatoms. The molecule has 7 aliphatic rings. The van der Waals surface area contributed by atoms with Gasteiger partial charge in [-0.05, 0) is 138 Å². The average molecular weight is 747 g/mol. The zero-order valence-electron chi connectivity index (χ0n) is 35.1. The van der Waals surface area contributed by atoms with Crippen molar-refractivity contribution in [2.45, 2.75) is 136 Å². The quantitative estimate of drug-likeness (QED) is 0.250. The highest BCUT2D eigenvalue weighted by atomic mass is 16.5. The predicted molar refractivity (Wildman–Crippen MR) is 223 cm³/mol. The van der Waals surface area contributed by atoms with E-state index in [1.807, 2.05) is 30.3 Å². The summed E-state index contributed by atoms with van der Waals surface area (Å²) in [7, 11) is 0. The predicted octanol–water partition coefficient (Wildman–Crippen LogP) is 10.1. The number of carbonyl (C=O) groups excluding carboxylic acids is 1. The Morgan fingerprint density at radius 2 is 1.65 bits per heavy atom. The highest BCUT2D eigenvalue weighted by Gasteiger charge is 2.70. The van der Waals surface area contributed by atoms with Gasteiger partial charge in [0.05, 0.1) is 12.7 Å². The van der Waals surface area contributed by atoms with E-state index in [1.54, 1.807) is 12.1 Å². The summed E-state index contributed by atoms with van der Waals surface area (Å²) >= 11 is 0. The lowest BCUT2D eigenvalue weighted by atomic mass is 9.33. The van der Waals surface area contributed by atoms with Gasteiger partial charge in [0.1, 0.15) is 6.10 Å². The molecule has 298 valence electrons. The van der Waals surface area contributed by atoms with Crippen LogP contribution < -0.4 is 5.32 Å². The summed E-state index contributed by atoms with van der Waals surface area (Å²) in [5.74, 6) is 4.24. The molecule has 0 radical (unpaired) electrons. The molecule has 2 aliphatic heterocycles. The minimum absolute atomic E-state index is 0.0346. The fourth-order valence-corrected chi connectivity index (χ4v) is 15.8. The fraction of sp³-hybridized carbons (Fsp3) is 0.700. The molecule has 12 atom stereocenters. The monoisotopic (exact) mass is 747 g/mol. The van der Waals surface area contributed by atoms with Gasteiger partial charge in [0.25, 0.3) is 0 Å². The van der Waals surface area contributed by atoms with Crippen molar-refractivity contribution in [3.63, 3.8) is 0 Å². The molecule has 0 amide bonds. The number of ketones is 1. The topological polar surface area (TPSA) is 61.8 Å². The number of nitrogens with zero attached hydrogens (tertiary/aromatic N) is 1. The third-order valence-electron chi connectivity index (χ3n) is 18.7. The van der Waals surface area contributed by atoms with Crippen LogP contribution in [0.25, 0.3) is 5.57 Å². The molecule has 2 saturated heterocycles. The van der Waals surface area contributed by atoms with Crippen LogP contribution in [0.1, 0.15) is 140 Å². The molecule has 2 bridgehead atoms. The molecule has 1 unspecified atom stereocenters. The van der Waals surface area contributed by atoms with E-state index in [-0.39, 0.29) is 16.6 Å². The van der Waals surface area contributed by atoms with Gasteiger partial charge in [0.2, 0.25) is 0 Å². The first kappa shape index (κ1) is 38.2. The number of hydrogen-bond acceptors (Lipinski definition) is 5. The van der Waals surface area contributed by atoms with Gasteiger partial charge in [0.15, 0.2) is 5.78 Å². The number of aliphatic hydroxyl groups excluding tert-OH is 1. The Hall–Kier alpha value is -2.31. The van der Waals surface area contributed by atoms with Crippen LogP contribution in [0.3, 0.4) is 0 Å². The number of ether oxygens (including phenoxy) is 1. The molecule has 2 heterocycles. The van der Waals surface area contributed by atoms with Crippen LogP contribution in [0.15, 0.2) is 60.7 Å². The number of morpholine rings is 1. The molecule has 5 nitrogen and oxygen atoms in total. The van der Waals surface area contributed by atoms with Crippen LogP contribution in [0, 0.1) is 57.2 Å². The Morgan fingerprint density at radius 1 is 0.891 bits per heavy atom. The lowest BCUT2D eigenvalue weighted by molar-refractivity contribution is -0.221. The molecule has 55 heavy (non-hydrogen) atoms. The zero-order valence-corrected chi connectivity index (χ0v) is 35.1. The van der Waals surface area contributed by atoms with Crippen molar-refractivity contribution in [3.8, 4) is 0 Å². The third kappa shape index (κ3) is 5.77. The van der Waals surface area contributed by atoms with Crippen molar-refractivity contribution >= 4 is 11.4 Å². The van der Waals surface area contributed by atoms with E-state index in [4.69, 9.17) is 4.74 Å². The maximum Gasteiger partial charge on any atom is 0.195 e. The first-order valence-corrected chi connectivity index (χ1v) is 22.4. The second kappa shape index (κ2) is 13.6. The van der Waals surface area contributed by atoms with Crippen LogP contribution in [0.2, 0.25) is 0 Å². The molecule has 9 rings (SSSR count). The molecule has 0 spiro atoms. The van der Waals surface area contributed by atoms with Gasteiger partial charge in [-0.15, -0.1) is 0 Å². The number of aliphatic hydroxyl groups is 1. The van der Waals surface area contributed by atoms with Crippen molar-refractivity contribution in [2.24, 2.45) is 57.2 Å². The Labute approximate surface area is 332 Å². The maximum atomic E-state index is 13.0. The number of fused-ring (bicyclic) bond motifs is 9. The Bertz CT molecular complexity index is 1790. The van der Waals surface area contributed by atoms with E-state index in [0.717, 1.165) is 55.7 Å². The van der Waals surface area contributed by atoms with Crippen LogP contribution >= 0.6 is 0 Å². The molecule has 5 aliphatic carbocycles. The molecule has 2 aromatic carbocycles. The number of Topliss-reactive ketones (excluding diaryl/α,β-unsaturated/α-hetero) is 1. The Balaban J connectivity index is 0.951. The molecule has 2 aromatic rings. The van der Waals surface area contributed by atoms with E-state index in [2.05, 4.69) is 76.9 Å². The Kier molecular flexibility index (Phi) is 9.48. The first-order valence-electron chi connectivity index (χ1n) is 22.4. The first-order chi connectivity index (χ1) is 26.2. The Morgan fingerprint density at radius 3 is 2.35 bits per heavy atom. The molecule has 2 N–H and O–H groups in total. The molecule has 4 saturated carbocycles. The lowest BCUT2D eigenvalue weighted by Crippen LogP contribution is -2.68. The summed E-state index contributed by atoms with van der Waals surface area (Å²) in [5, 5.41) is 15.4. The van der Waals surface area contributed by atoms with Crippen LogP contribution in [-0.2, 0) is 4.74 Å². The van der Waals surface area contributed by atoms with Gasteiger partial charge in [-0.25, -0.2) is 0 Å². The molecular weight excluding hydrogens is 677 g/mol. The number of likely N-dealkylation sites (tertiary alicyclic amines) is 1. The normalized spacial score (nSPS) is 42.3. The third-order valence-corrected chi connectivity index (χ3v) is 18.7. The van der Waals surface area contributed by atoms with E-state index in [1.165, 1.54) is 75.5 Å². The van der Waals surface area contributed by atoms with Gasteiger partial charge in [-0.3, -0.25) is 9.69 Å². The van der Waals surface area contributed by atoms with Crippen LogP contribution in [0.5, 0.6) is 0 Å². The number of nitrogens with one attached hydrogen (secondary N) is 1. The summed E-state index contributed by atoms with van der Waals surface area (Å²) in [6, 6.07) is 18.1. The van der Waals surface area contributed by atoms with E-state index >= 15 is 0 Å². The van der Waals surface area contributed by atoms with E-state index in [0.29, 0.717) is 45.6 Å². The highest BCUT2D eigenvalue weighted by molar-refractivity contribution is 5.99. The molecular formula is C50H70N2O3. The van der Waals surface area contributed by atoms with Crippen LogP contribution in [-0.4, -0.2) is 59.7 Å². The number of benzene rings is 2. The number of hydrogen-bond donors (Lipinski definition) is 2. The highest BCUT2D eigenvalue weighted by Crippen LogP contribution is 2.76. The van der Waals surface area contributed by atoms with Crippen molar-refractivity contribution in [3.05, 3.63) is 77.4 Å². The number of rotatable bonds is 9. The zero-order chi connectivity index (χ0) is 38.5. The van der Waals surface area contributed by atoms with Crippen molar-refractivity contribution in [1.82, 2.24) is 10.2 Å². The number of carbonyl (C=O) groups is 1. The second-order valence-electron chi connectivity index (χ2n) is 21.4. The minimum atomic E-state index is -1.15. The van der Waals surface area contributed by atoms with Crippen molar-refractivity contribution in [2.75, 3.05) is 26.2 Å². The lowest BCUT2D eigenvalue weighted by Gasteiger charge is -2.72. The van der Waals surface area contributed by atoms with E-state index < -0.39 is 6.10 Å². The summed E-state index contributed by atoms with van der Waals surface area (Å²) in [6.07, 6.45) is 15.2. The summed E-state index contributed by atoms with van der Waals surface area (Å²) in [6.45, 7) is 22.8. The standard InChI is InChI=1S/C50H70N2O3/c1-32(2)38-19-24-50(51-27-28-52-30-37-29-36(52)31-55-37)26-25-48(6)40(43(38)50)17-18-42-47(5)22-20-39(46(3,4)41(47)21-23-49(42,48)7)33-13-15-35(16-14-33)45(54)44(53)34-11-9-8-10-12-34/h8-16,20,32,36-38,40-43,45,51,54H,17-19,21-31H2,1-7H3/t36-,37-,38-,40+,41-,42+,43+,45?,47-,48+,49+,50-/m0/s1. The van der Waals surface area contributed by atoms with Gasteiger partial charge >= 0.3 is 0 Å². The van der Waals surface area contributed by atoms with Gasteiger partial charge in [0, 0.05) is 36.8 Å². The van der Waals surface area contributed by atoms with Gasteiger partial charge in [-0.1, -0.05) is 109 Å². The fourth-order valence-electron chi connectivity index (χ4n) is 15.8. The summed E-state index contributed by atoms with van der Waals surface area (Å²) in [5.41, 5.74) is 5.22. The largest absolute Gasteiger partial charge is 0.380 e. The average Bonchev–Trinajstić information content (AvgIpc) is 3.90. The van der Waals surface area contributed by atoms with Gasteiger partial charge < -0.3 is 15.2 Å². The molecule has 0 aromatic heterocycles.